The molecule has 0 aliphatic heterocycles. The Morgan fingerprint density at radius 2 is 1.92 bits per heavy atom. The summed E-state index contributed by atoms with van der Waals surface area (Å²) in [7, 11) is 0. The predicted octanol–water partition coefficient (Wildman–Crippen LogP) is 5.59. The number of rotatable bonds is 3. The molecule has 4 aromatic rings. The number of benzene rings is 2. The van der Waals surface area contributed by atoms with E-state index in [1.807, 2.05) is 66.2 Å². The van der Waals surface area contributed by atoms with Crippen LogP contribution >= 0.6 is 22.7 Å². The number of nitrogens with one attached hydrogen (secondary N) is 1. The van der Waals surface area contributed by atoms with E-state index in [1.165, 1.54) is 11.3 Å². The molecule has 0 fully saturated rings. The highest BCUT2D eigenvalue weighted by Crippen LogP contribution is 2.30. The van der Waals surface area contributed by atoms with Gasteiger partial charge in [-0.05, 0) is 29.8 Å². The largest absolute Gasteiger partial charge is 0.321 e. The molecule has 0 spiro atoms. The molecule has 0 radical (unpaired) electrons. The molecule has 0 saturated carbocycles. The predicted molar refractivity (Wildman–Crippen MR) is 102 cm³/mol. The number of amides is 1. The normalized spacial score (nSPS) is 10.9. The first kappa shape index (κ1) is 15.1. The van der Waals surface area contributed by atoms with E-state index in [4.69, 9.17) is 0 Å². The summed E-state index contributed by atoms with van der Waals surface area (Å²) in [6.07, 6.45) is 0. The minimum Gasteiger partial charge on any atom is -0.321 e. The van der Waals surface area contributed by atoms with Crippen molar-refractivity contribution in [3.8, 4) is 10.6 Å². The average molecular weight is 350 g/mol. The first-order chi connectivity index (χ1) is 11.7. The molecule has 0 saturated heterocycles. The maximum atomic E-state index is 12.7. The Hall–Kier alpha value is -2.50. The van der Waals surface area contributed by atoms with Gasteiger partial charge in [-0.2, -0.15) is 11.3 Å². The molecular formula is C19H14N2OS2. The zero-order valence-corrected chi connectivity index (χ0v) is 14.6. The van der Waals surface area contributed by atoms with Gasteiger partial charge in [0.1, 0.15) is 9.88 Å². The van der Waals surface area contributed by atoms with Crippen molar-refractivity contribution in [1.82, 2.24) is 4.98 Å². The third kappa shape index (κ3) is 2.72. The van der Waals surface area contributed by atoms with E-state index < -0.39 is 0 Å². The van der Waals surface area contributed by atoms with Crippen molar-refractivity contribution in [3.63, 3.8) is 0 Å². The van der Waals surface area contributed by atoms with Crippen LogP contribution in [0, 0.1) is 6.92 Å². The van der Waals surface area contributed by atoms with Crippen LogP contribution in [-0.4, -0.2) is 10.9 Å². The summed E-state index contributed by atoms with van der Waals surface area (Å²) >= 11 is 3.06. The number of carbonyl (C=O) groups excluding carboxylic acids is 1. The molecule has 0 atom stereocenters. The first-order valence-corrected chi connectivity index (χ1v) is 9.27. The number of nitrogens with zero attached hydrogens (tertiary/aromatic N) is 1. The number of aromatic nitrogens is 1. The minimum absolute atomic E-state index is 0.108. The van der Waals surface area contributed by atoms with Crippen molar-refractivity contribution >= 4 is 45.0 Å². The minimum atomic E-state index is -0.108. The second kappa shape index (κ2) is 6.19. The van der Waals surface area contributed by atoms with Gasteiger partial charge in [-0.25, -0.2) is 4.98 Å². The van der Waals surface area contributed by atoms with Crippen LogP contribution in [0.25, 0.3) is 21.3 Å². The third-order valence-corrected chi connectivity index (χ3v) is 5.70. The summed E-state index contributed by atoms with van der Waals surface area (Å²) in [6, 6.07) is 16.0. The van der Waals surface area contributed by atoms with E-state index in [0.29, 0.717) is 4.88 Å². The second-order valence-electron chi connectivity index (χ2n) is 5.43. The third-order valence-electron chi connectivity index (χ3n) is 3.81. The standard InChI is InChI=1S/C19H14N2OS2/c1-12-17(24-19(20-12)14-9-10-23-11-14)18(22)21-16-8-4-6-13-5-2-3-7-15(13)16/h2-11H,1H3,(H,21,22). The fourth-order valence-corrected chi connectivity index (χ4v) is 4.30. The molecule has 5 heteroatoms. The molecule has 2 aromatic carbocycles. The van der Waals surface area contributed by atoms with E-state index in [1.54, 1.807) is 11.3 Å². The topological polar surface area (TPSA) is 42.0 Å². The van der Waals surface area contributed by atoms with Crippen LogP contribution in [0.3, 0.4) is 0 Å². The fraction of sp³-hybridized carbons (Fsp3) is 0.0526. The Bertz CT molecular complexity index is 1010. The molecule has 3 nitrogen and oxygen atoms in total. The van der Waals surface area contributed by atoms with Gasteiger partial charge in [-0.1, -0.05) is 36.4 Å². The summed E-state index contributed by atoms with van der Waals surface area (Å²) < 4.78 is 0. The Morgan fingerprint density at radius 1 is 1.08 bits per heavy atom. The number of carbonyl (C=O) groups is 1. The lowest BCUT2D eigenvalue weighted by atomic mass is 10.1. The van der Waals surface area contributed by atoms with Gasteiger partial charge in [-0.3, -0.25) is 4.79 Å². The molecule has 0 unspecified atom stereocenters. The van der Waals surface area contributed by atoms with Crippen molar-refractivity contribution in [3.05, 3.63) is 69.9 Å². The van der Waals surface area contributed by atoms with Crippen LogP contribution in [0.15, 0.2) is 59.3 Å². The van der Waals surface area contributed by atoms with Crippen LogP contribution in [0.4, 0.5) is 5.69 Å². The van der Waals surface area contributed by atoms with Crippen molar-refractivity contribution in [2.75, 3.05) is 5.32 Å². The molecule has 0 aliphatic rings. The van der Waals surface area contributed by atoms with Crippen LogP contribution in [0.2, 0.25) is 0 Å². The van der Waals surface area contributed by atoms with Gasteiger partial charge in [0.15, 0.2) is 0 Å². The second-order valence-corrected chi connectivity index (χ2v) is 7.21. The maximum Gasteiger partial charge on any atom is 0.267 e. The van der Waals surface area contributed by atoms with Crippen molar-refractivity contribution in [2.24, 2.45) is 0 Å². The number of hydrogen-bond donors (Lipinski definition) is 1. The Balaban J connectivity index is 1.67. The lowest BCUT2D eigenvalue weighted by molar-refractivity contribution is 0.103. The van der Waals surface area contributed by atoms with Gasteiger partial charge in [0.05, 0.1) is 5.69 Å². The Morgan fingerprint density at radius 3 is 2.75 bits per heavy atom. The molecule has 2 heterocycles. The Labute approximate surface area is 147 Å². The molecule has 2 aromatic heterocycles. The van der Waals surface area contributed by atoms with Crippen LogP contribution in [0.1, 0.15) is 15.4 Å². The molecule has 0 aliphatic carbocycles. The summed E-state index contributed by atoms with van der Waals surface area (Å²) in [5.41, 5.74) is 2.65. The van der Waals surface area contributed by atoms with E-state index in [0.717, 1.165) is 32.7 Å². The maximum absolute atomic E-state index is 12.7. The molecule has 1 N–H and O–H groups in total. The van der Waals surface area contributed by atoms with E-state index in [-0.39, 0.29) is 5.91 Å². The van der Waals surface area contributed by atoms with Crippen LogP contribution in [-0.2, 0) is 0 Å². The smallest absolute Gasteiger partial charge is 0.267 e. The highest BCUT2D eigenvalue weighted by molar-refractivity contribution is 7.17. The average Bonchev–Trinajstić information content (AvgIpc) is 3.24. The van der Waals surface area contributed by atoms with E-state index in [2.05, 4.69) is 10.3 Å². The highest BCUT2D eigenvalue weighted by Gasteiger charge is 2.17. The zero-order chi connectivity index (χ0) is 16.5. The molecule has 4 rings (SSSR count). The van der Waals surface area contributed by atoms with Crippen LogP contribution < -0.4 is 5.32 Å². The summed E-state index contributed by atoms with van der Waals surface area (Å²) in [6.45, 7) is 1.88. The van der Waals surface area contributed by atoms with Crippen molar-refractivity contribution in [2.45, 2.75) is 6.92 Å². The number of thiazole rings is 1. The van der Waals surface area contributed by atoms with Crippen molar-refractivity contribution in [1.29, 1.82) is 0 Å². The molecule has 1 amide bonds. The molecular weight excluding hydrogens is 336 g/mol. The van der Waals surface area contributed by atoms with Gasteiger partial charge in [0.2, 0.25) is 0 Å². The summed E-state index contributed by atoms with van der Waals surface area (Å²) in [4.78, 5) is 17.9. The van der Waals surface area contributed by atoms with Gasteiger partial charge < -0.3 is 5.32 Å². The summed E-state index contributed by atoms with van der Waals surface area (Å²) in [5, 5.41) is 10.1. The van der Waals surface area contributed by atoms with Crippen molar-refractivity contribution < 1.29 is 4.79 Å². The van der Waals surface area contributed by atoms with E-state index in [9.17, 15) is 4.79 Å². The number of hydrogen-bond acceptors (Lipinski definition) is 4. The number of anilines is 1. The van der Waals surface area contributed by atoms with Gasteiger partial charge >= 0.3 is 0 Å². The SMILES string of the molecule is Cc1nc(-c2ccsc2)sc1C(=O)Nc1cccc2ccccc12. The number of fused-ring (bicyclic) bond motifs is 1. The highest BCUT2D eigenvalue weighted by atomic mass is 32.1. The zero-order valence-electron chi connectivity index (χ0n) is 12.9. The Kier molecular flexibility index (Phi) is 3.88. The molecule has 118 valence electrons. The number of thiophene rings is 1. The number of aryl methyl sites for hydroxylation is 1. The van der Waals surface area contributed by atoms with Gasteiger partial charge in [0.25, 0.3) is 5.91 Å². The first-order valence-electron chi connectivity index (χ1n) is 7.51. The molecule has 24 heavy (non-hydrogen) atoms. The monoisotopic (exact) mass is 350 g/mol. The lowest BCUT2D eigenvalue weighted by Gasteiger charge is -2.08. The van der Waals surface area contributed by atoms with Gasteiger partial charge in [0, 0.05) is 22.0 Å². The van der Waals surface area contributed by atoms with E-state index >= 15 is 0 Å². The van der Waals surface area contributed by atoms with Gasteiger partial charge in [-0.15, -0.1) is 11.3 Å². The fourth-order valence-electron chi connectivity index (χ4n) is 2.63. The quantitative estimate of drug-likeness (QED) is 0.523. The lowest BCUT2D eigenvalue weighted by Crippen LogP contribution is -2.11. The van der Waals surface area contributed by atoms with Crippen LogP contribution in [0.5, 0.6) is 0 Å². The summed E-state index contributed by atoms with van der Waals surface area (Å²) in [5.74, 6) is -0.108. The molecule has 0 bridgehead atoms.